The van der Waals surface area contributed by atoms with Gasteiger partial charge in [0.25, 0.3) is 0 Å². The van der Waals surface area contributed by atoms with Crippen molar-refractivity contribution in [1.29, 1.82) is 0 Å². The number of hydrogen-bond donors (Lipinski definition) is 3. The summed E-state index contributed by atoms with van der Waals surface area (Å²) in [5, 5.41) is 7.14. The van der Waals surface area contributed by atoms with Crippen LogP contribution in [0.3, 0.4) is 0 Å². The Morgan fingerprint density at radius 3 is 2.23 bits per heavy atom. The van der Waals surface area contributed by atoms with Crippen LogP contribution in [0.2, 0.25) is 0 Å². The van der Waals surface area contributed by atoms with E-state index in [0.717, 1.165) is 17.7 Å². The van der Waals surface area contributed by atoms with Crippen molar-refractivity contribution in [3.05, 3.63) is 89.7 Å². The number of hydrazone groups is 1. The maximum Gasteiger partial charge on any atom is 0.573 e. The first-order valence-corrected chi connectivity index (χ1v) is 10.3. The average molecular weight is 502 g/mol. The number of benzene rings is 3. The number of alkyl halides is 3. The number of hydrogen-bond acceptors (Lipinski definition) is 4. The highest BCUT2D eigenvalue weighted by atomic mass is 32.1. The molecule has 0 aromatic heterocycles. The Morgan fingerprint density at radius 2 is 1.60 bits per heavy atom. The molecule has 0 atom stereocenters. The van der Waals surface area contributed by atoms with E-state index in [9.17, 15) is 17.6 Å². The Hall–Kier alpha value is -4.32. The fourth-order valence-corrected chi connectivity index (χ4v) is 2.73. The Balaban J connectivity index is 1.50. The molecule has 3 aromatic carbocycles. The molecule has 3 rings (SSSR count). The zero-order valence-corrected chi connectivity index (χ0v) is 18.6. The van der Waals surface area contributed by atoms with E-state index in [1.54, 1.807) is 42.6 Å². The summed E-state index contributed by atoms with van der Waals surface area (Å²) < 4.78 is 53.3. The van der Waals surface area contributed by atoms with Crippen LogP contribution >= 0.6 is 12.2 Å². The fourth-order valence-electron chi connectivity index (χ4n) is 2.56. The number of rotatable bonds is 7. The Morgan fingerprint density at radius 1 is 0.943 bits per heavy atom. The Labute approximate surface area is 203 Å². The predicted octanol–water partition coefficient (Wildman–Crippen LogP) is 5.11. The molecule has 0 amide bonds. The number of thiocarbonyl (C=S) groups is 1. The highest BCUT2D eigenvalue weighted by Gasteiger charge is 2.30. The molecule has 0 radical (unpaired) electrons. The van der Waals surface area contributed by atoms with Gasteiger partial charge in [-0.3, -0.25) is 5.43 Å². The molecule has 0 saturated carbocycles. The summed E-state index contributed by atoms with van der Waals surface area (Å²) in [7, 11) is 0. The summed E-state index contributed by atoms with van der Waals surface area (Å²) in [4.78, 5) is 8.05. The average Bonchev–Trinajstić information content (AvgIpc) is 2.81. The van der Waals surface area contributed by atoms with Crippen LogP contribution in [-0.4, -0.2) is 29.9 Å². The van der Waals surface area contributed by atoms with Crippen LogP contribution in [0.1, 0.15) is 11.1 Å². The SMILES string of the molecule is NC(=NC=Nc1ccc(OC(F)(F)F)cc1)c1ccc(/C=N\NC(=S)Nc2ccc(F)cc2)cc1. The summed E-state index contributed by atoms with van der Waals surface area (Å²) in [6.07, 6.45) is -2.01. The second-order valence-electron chi connectivity index (χ2n) is 6.75. The number of nitrogens with zero attached hydrogens (tertiary/aromatic N) is 3. The molecule has 180 valence electrons. The highest BCUT2D eigenvalue weighted by molar-refractivity contribution is 7.80. The quantitative estimate of drug-likeness (QED) is 0.137. The van der Waals surface area contributed by atoms with Gasteiger partial charge in [0.05, 0.1) is 11.9 Å². The largest absolute Gasteiger partial charge is 0.573 e. The van der Waals surface area contributed by atoms with Gasteiger partial charge in [-0.05, 0) is 66.3 Å². The molecule has 0 aliphatic carbocycles. The van der Waals surface area contributed by atoms with Crippen LogP contribution in [-0.2, 0) is 0 Å². The van der Waals surface area contributed by atoms with Crippen molar-refractivity contribution in [2.24, 2.45) is 20.8 Å². The van der Waals surface area contributed by atoms with Crippen LogP contribution < -0.4 is 21.2 Å². The van der Waals surface area contributed by atoms with E-state index in [1.807, 2.05) is 0 Å². The summed E-state index contributed by atoms with van der Waals surface area (Å²) in [5.41, 5.74) is 11.0. The third-order valence-electron chi connectivity index (χ3n) is 4.16. The van der Waals surface area contributed by atoms with Crippen molar-refractivity contribution in [3.63, 3.8) is 0 Å². The number of amidine groups is 1. The molecule has 0 spiro atoms. The smallest absolute Gasteiger partial charge is 0.406 e. The zero-order valence-electron chi connectivity index (χ0n) is 17.8. The molecule has 4 N–H and O–H groups in total. The molecule has 35 heavy (non-hydrogen) atoms. The molecular weight excluding hydrogens is 484 g/mol. The van der Waals surface area contributed by atoms with Gasteiger partial charge < -0.3 is 15.8 Å². The first-order chi connectivity index (χ1) is 16.7. The maximum atomic E-state index is 12.9. The molecule has 0 aliphatic heterocycles. The lowest BCUT2D eigenvalue weighted by Crippen LogP contribution is -2.23. The zero-order chi connectivity index (χ0) is 25.3. The van der Waals surface area contributed by atoms with Gasteiger partial charge in [0, 0.05) is 11.3 Å². The lowest BCUT2D eigenvalue weighted by Gasteiger charge is -2.08. The number of nitrogens with one attached hydrogen (secondary N) is 2. The molecule has 0 bridgehead atoms. The van der Waals surface area contributed by atoms with E-state index in [2.05, 4.69) is 30.6 Å². The summed E-state index contributed by atoms with van der Waals surface area (Å²) in [6.45, 7) is 0. The van der Waals surface area contributed by atoms with Gasteiger partial charge >= 0.3 is 6.36 Å². The maximum absolute atomic E-state index is 12.9. The van der Waals surface area contributed by atoms with Crippen LogP contribution in [0.4, 0.5) is 28.9 Å². The van der Waals surface area contributed by atoms with Gasteiger partial charge in [-0.15, -0.1) is 13.2 Å². The van der Waals surface area contributed by atoms with Gasteiger partial charge in [-0.1, -0.05) is 24.3 Å². The molecule has 0 unspecified atom stereocenters. The number of anilines is 1. The summed E-state index contributed by atoms with van der Waals surface area (Å²) in [6, 6.07) is 17.7. The molecular formula is C23H18F4N6OS. The topological polar surface area (TPSA) is 96.4 Å². The van der Waals surface area contributed by atoms with E-state index in [0.29, 0.717) is 16.9 Å². The number of nitrogens with two attached hydrogens (primary N) is 1. The monoisotopic (exact) mass is 502 g/mol. The van der Waals surface area contributed by atoms with E-state index < -0.39 is 6.36 Å². The fraction of sp³-hybridized carbons (Fsp3) is 0.0435. The Bertz CT molecular complexity index is 1220. The third kappa shape index (κ3) is 8.85. The van der Waals surface area contributed by atoms with E-state index in [4.69, 9.17) is 18.0 Å². The van der Waals surface area contributed by atoms with Crippen molar-refractivity contribution in [2.45, 2.75) is 6.36 Å². The minimum atomic E-state index is -4.75. The number of halogens is 4. The van der Waals surface area contributed by atoms with E-state index >= 15 is 0 Å². The van der Waals surface area contributed by atoms with Gasteiger partial charge in [0.1, 0.15) is 23.7 Å². The first-order valence-electron chi connectivity index (χ1n) is 9.86. The molecule has 0 fully saturated rings. The van der Waals surface area contributed by atoms with Crippen molar-refractivity contribution in [1.82, 2.24) is 5.43 Å². The molecule has 0 heterocycles. The third-order valence-corrected chi connectivity index (χ3v) is 4.36. The lowest BCUT2D eigenvalue weighted by atomic mass is 10.1. The second kappa shape index (κ2) is 11.7. The summed E-state index contributed by atoms with van der Waals surface area (Å²) in [5.74, 6) is -0.497. The first kappa shape index (κ1) is 25.3. The predicted molar refractivity (Wildman–Crippen MR) is 132 cm³/mol. The van der Waals surface area contributed by atoms with Crippen molar-refractivity contribution in [3.8, 4) is 5.75 Å². The Kier molecular flexibility index (Phi) is 8.46. The lowest BCUT2D eigenvalue weighted by molar-refractivity contribution is -0.274. The number of aliphatic imine (C=N–C) groups is 2. The molecule has 0 saturated heterocycles. The molecule has 7 nitrogen and oxygen atoms in total. The van der Waals surface area contributed by atoms with Gasteiger partial charge in [-0.25, -0.2) is 14.4 Å². The van der Waals surface area contributed by atoms with Gasteiger partial charge in [-0.2, -0.15) is 5.10 Å². The van der Waals surface area contributed by atoms with Crippen molar-refractivity contribution >= 4 is 47.1 Å². The minimum absolute atomic E-state index is 0.192. The van der Waals surface area contributed by atoms with Crippen molar-refractivity contribution < 1.29 is 22.3 Å². The van der Waals surface area contributed by atoms with Crippen LogP contribution in [0.15, 0.2) is 87.9 Å². The normalized spacial score (nSPS) is 12.2. The van der Waals surface area contributed by atoms with Crippen LogP contribution in [0.25, 0.3) is 0 Å². The molecule has 12 heteroatoms. The van der Waals surface area contributed by atoms with E-state index in [1.165, 1.54) is 30.6 Å². The number of ether oxygens (including phenoxy) is 1. The van der Waals surface area contributed by atoms with Crippen LogP contribution in [0, 0.1) is 5.82 Å². The standard InChI is InChI=1S/C23H18F4N6OS/c24-17-5-7-19(8-6-17)32-22(35)33-31-13-15-1-3-16(4-2-15)21(28)30-14-29-18-9-11-20(12-10-18)34-23(25,26)27/h1-14H,(H2,28,29,30)(H2,32,33,35)/b31-13-. The molecule has 3 aromatic rings. The van der Waals surface area contributed by atoms with Crippen molar-refractivity contribution in [2.75, 3.05) is 5.32 Å². The van der Waals surface area contributed by atoms with Gasteiger partial charge in [0.15, 0.2) is 5.11 Å². The minimum Gasteiger partial charge on any atom is -0.406 e. The van der Waals surface area contributed by atoms with Crippen LogP contribution in [0.5, 0.6) is 5.75 Å². The summed E-state index contributed by atoms with van der Waals surface area (Å²) >= 11 is 5.12. The second-order valence-corrected chi connectivity index (χ2v) is 7.16. The molecule has 0 aliphatic rings. The highest BCUT2D eigenvalue weighted by Crippen LogP contribution is 2.24. The van der Waals surface area contributed by atoms with E-state index in [-0.39, 0.29) is 22.5 Å². The van der Waals surface area contributed by atoms with Gasteiger partial charge in [0.2, 0.25) is 0 Å².